The van der Waals surface area contributed by atoms with Crippen molar-refractivity contribution in [1.82, 2.24) is 9.62 Å². The Morgan fingerprint density at radius 3 is 2.50 bits per heavy atom. The van der Waals surface area contributed by atoms with Crippen LogP contribution in [0.4, 0.5) is 17.6 Å². The van der Waals surface area contributed by atoms with Crippen LogP contribution >= 0.6 is 0 Å². The van der Waals surface area contributed by atoms with E-state index < -0.39 is 50.3 Å². The van der Waals surface area contributed by atoms with Gasteiger partial charge in [0.15, 0.2) is 0 Å². The molecule has 1 atom stereocenters. The minimum absolute atomic E-state index is 0.0647. The second-order valence-corrected chi connectivity index (χ2v) is 7.38. The van der Waals surface area contributed by atoms with Crippen molar-refractivity contribution < 1.29 is 40.7 Å². The van der Waals surface area contributed by atoms with Gasteiger partial charge in [-0.15, -0.1) is 0 Å². The summed E-state index contributed by atoms with van der Waals surface area (Å²) >= 11 is 0. The van der Waals surface area contributed by atoms with Crippen LogP contribution in [-0.2, 0) is 25.8 Å². The van der Waals surface area contributed by atoms with Crippen molar-refractivity contribution in [3.05, 3.63) is 29.6 Å². The number of nitrogens with zero attached hydrogens (tertiary/aromatic N) is 1. The second kappa shape index (κ2) is 7.19. The van der Waals surface area contributed by atoms with Crippen LogP contribution in [0.1, 0.15) is 12.0 Å². The van der Waals surface area contributed by atoms with Crippen molar-refractivity contribution in [1.29, 1.82) is 0 Å². The van der Waals surface area contributed by atoms with Gasteiger partial charge in [0.1, 0.15) is 5.82 Å². The Morgan fingerprint density at radius 1 is 1.35 bits per heavy atom. The monoisotopic (exact) mass is 398 g/mol. The van der Waals surface area contributed by atoms with E-state index in [2.05, 4.69) is 0 Å². The predicted octanol–water partition coefficient (Wildman–Crippen LogP) is 1.06. The zero-order chi connectivity index (χ0) is 19.7. The Labute approximate surface area is 145 Å². The maximum absolute atomic E-state index is 13.5. The van der Waals surface area contributed by atoms with Gasteiger partial charge in [0.2, 0.25) is 15.9 Å². The number of alkyl halides is 3. The Balaban J connectivity index is 2.00. The zero-order valence-corrected chi connectivity index (χ0v) is 13.9. The van der Waals surface area contributed by atoms with Crippen LogP contribution < -0.4 is 4.72 Å². The minimum Gasteiger partial charge on any atom is -0.481 e. The molecule has 1 aliphatic rings. The van der Waals surface area contributed by atoms with Crippen LogP contribution in [0.15, 0.2) is 23.1 Å². The number of carbonyl (C=O) groups excluding carboxylic acids is 1. The summed E-state index contributed by atoms with van der Waals surface area (Å²) in [6.45, 7) is -0.487. The number of nitrogens with one attached hydrogen (secondary N) is 1. The summed E-state index contributed by atoms with van der Waals surface area (Å²) in [5, 5.41) is 8.85. The number of sulfonamides is 1. The van der Waals surface area contributed by atoms with Crippen molar-refractivity contribution in [3.63, 3.8) is 0 Å². The molecule has 0 spiro atoms. The molecule has 0 saturated carbocycles. The molecule has 26 heavy (non-hydrogen) atoms. The first-order chi connectivity index (χ1) is 11.9. The molecule has 0 aromatic heterocycles. The predicted molar refractivity (Wildman–Crippen MR) is 78.9 cm³/mol. The summed E-state index contributed by atoms with van der Waals surface area (Å²) in [5.41, 5.74) is -1.58. The molecule has 0 aliphatic carbocycles. The van der Waals surface area contributed by atoms with Gasteiger partial charge in [0.25, 0.3) is 0 Å². The maximum atomic E-state index is 13.5. The van der Waals surface area contributed by atoms with E-state index in [1.807, 2.05) is 4.72 Å². The van der Waals surface area contributed by atoms with E-state index in [0.29, 0.717) is 12.1 Å². The molecule has 1 aromatic rings. The van der Waals surface area contributed by atoms with Crippen molar-refractivity contribution in [2.75, 3.05) is 19.6 Å². The first kappa shape index (κ1) is 20.1. The van der Waals surface area contributed by atoms with Crippen molar-refractivity contribution >= 4 is 21.9 Å². The highest BCUT2D eigenvalue weighted by Gasteiger charge is 2.35. The lowest BCUT2D eigenvalue weighted by molar-refractivity contribution is -0.142. The van der Waals surface area contributed by atoms with Gasteiger partial charge in [-0.1, -0.05) is 0 Å². The van der Waals surface area contributed by atoms with E-state index >= 15 is 0 Å². The highest BCUT2D eigenvalue weighted by molar-refractivity contribution is 7.89. The van der Waals surface area contributed by atoms with E-state index in [-0.39, 0.29) is 32.1 Å². The highest BCUT2D eigenvalue weighted by atomic mass is 32.2. The fraction of sp³-hybridized carbons (Fsp3) is 0.429. The average molecular weight is 398 g/mol. The fourth-order valence-corrected chi connectivity index (χ4v) is 3.48. The number of carbonyl (C=O) groups is 2. The van der Waals surface area contributed by atoms with E-state index in [0.717, 1.165) is 4.90 Å². The summed E-state index contributed by atoms with van der Waals surface area (Å²) in [6.07, 6.45) is -5.14. The molecule has 1 saturated heterocycles. The number of aliphatic carboxylic acids is 1. The molecular weight excluding hydrogens is 384 g/mol. The fourth-order valence-electron chi connectivity index (χ4n) is 2.44. The smallest absolute Gasteiger partial charge is 0.419 e. The Hall–Kier alpha value is -2.21. The topological polar surface area (TPSA) is 104 Å². The number of amides is 1. The molecule has 1 amide bonds. The minimum atomic E-state index is -4.95. The van der Waals surface area contributed by atoms with E-state index in [1.54, 1.807) is 0 Å². The molecule has 0 bridgehead atoms. The highest BCUT2D eigenvalue weighted by Crippen LogP contribution is 2.32. The number of carboxylic acids is 1. The molecule has 1 heterocycles. The van der Waals surface area contributed by atoms with Crippen LogP contribution in [-0.4, -0.2) is 49.9 Å². The SMILES string of the molecule is O=C(O)C1CC(=O)N(CCNS(=O)(=O)c2ccc(C(F)(F)F)c(F)c2)C1. The molecular formula is C14H14F4N2O5S. The molecule has 0 radical (unpaired) electrons. The first-order valence-electron chi connectivity index (χ1n) is 7.29. The lowest BCUT2D eigenvalue weighted by Crippen LogP contribution is -2.36. The molecule has 2 rings (SSSR count). The molecule has 1 aliphatic heterocycles. The zero-order valence-electron chi connectivity index (χ0n) is 13.1. The lowest BCUT2D eigenvalue weighted by Gasteiger charge is -2.16. The Bertz CT molecular complexity index is 825. The van der Waals surface area contributed by atoms with Crippen LogP contribution in [0.5, 0.6) is 0 Å². The van der Waals surface area contributed by atoms with Crippen LogP contribution in [0.2, 0.25) is 0 Å². The third kappa shape index (κ3) is 4.49. The molecule has 1 fully saturated rings. The summed E-state index contributed by atoms with van der Waals surface area (Å²) in [6, 6.07) is 1.20. The number of likely N-dealkylation sites (tertiary alicyclic amines) is 1. The summed E-state index contributed by atoms with van der Waals surface area (Å²) in [5.74, 6) is -4.18. The standard InChI is InChI=1S/C14H14F4N2O5S/c15-11-6-9(1-2-10(11)14(16,17)18)26(24,25)19-3-4-20-7-8(13(22)23)5-12(20)21/h1-2,6,8,19H,3-5,7H2,(H,22,23). The number of hydrogen-bond acceptors (Lipinski definition) is 4. The van der Waals surface area contributed by atoms with Crippen molar-refractivity contribution in [2.24, 2.45) is 5.92 Å². The molecule has 12 heteroatoms. The van der Waals surface area contributed by atoms with Gasteiger partial charge in [-0.05, 0) is 18.2 Å². The summed E-state index contributed by atoms with van der Waals surface area (Å²) in [4.78, 5) is 22.9. The first-order valence-corrected chi connectivity index (χ1v) is 8.77. The quantitative estimate of drug-likeness (QED) is 0.698. The van der Waals surface area contributed by atoms with Crippen LogP contribution in [0, 0.1) is 11.7 Å². The number of hydrogen-bond donors (Lipinski definition) is 2. The summed E-state index contributed by atoms with van der Waals surface area (Å²) < 4.78 is 77.0. The number of rotatable bonds is 6. The van der Waals surface area contributed by atoms with Gasteiger partial charge in [-0.3, -0.25) is 9.59 Å². The second-order valence-electron chi connectivity index (χ2n) is 5.62. The van der Waals surface area contributed by atoms with E-state index in [9.17, 15) is 35.6 Å². The Kier molecular flexibility index (Phi) is 5.56. The molecule has 1 unspecified atom stereocenters. The third-order valence-corrected chi connectivity index (χ3v) is 5.25. The lowest BCUT2D eigenvalue weighted by atomic mass is 10.1. The largest absolute Gasteiger partial charge is 0.481 e. The summed E-state index contributed by atoms with van der Waals surface area (Å²) in [7, 11) is -4.30. The van der Waals surface area contributed by atoms with Gasteiger partial charge < -0.3 is 10.0 Å². The number of benzene rings is 1. The average Bonchev–Trinajstić information content (AvgIpc) is 2.87. The van der Waals surface area contributed by atoms with Gasteiger partial charge in [-0.25, -0.2) is 17.5 Å². The molecule has 7 nitrogen and oxygen atoms in total. The Morgan fingerprint density at radius 2 is 2.00 bits per heavy atom. The molecule has 1 aromatic carbocycles. The van der Waals surface area contributed by atoms with Gasteiger partial charge in [0, 0.05) is 26.1 Å². The van der Waals surface area contributed by atoms with Crippen molar-refractivity contribution in [2.45, 2.75) is 17.5 Å². The van der Waals surface area contributed by atoms with Gasteiger partial charge in [0.05, 0.1) is 16.4 Å². The normalized spacial score (nSPS) is 18.4. The third-order valence-electron chi connectivity index (χ3n) is 3.79. The maximum Gasteiger partial charge on any atom is 0.419 e. The van der Waals surface area contributed by atoms with E-state index in [1.165, 1.54) is 0 Å². The van der Waals surface area contributed by atoms with E-state index in [4.69, 9.17) is 5.11 Å². The van der Waals surface area contributed by atoms with Crippen LogP contribution in [0.3, 0.4) is 0 Å². The van der Waals surface area contributed by atoms with Crippen molar-refractivity contribution in [3.8, 4) is 0 Å². The number of carboxylic acid groups (broad SMARTS) is 1. The van der Waals surface area contributed by atoms with Gasteiger partial charge in [-0.2, -0.15) is 13.2 Å². The molecule has 2 N–H and O–H groups in total. The van der Waals surface area contributed by atoms with Crippen LogP contribution in [0.25, 0.3) is 0 Å². The van der Waals surface area contributed by atoms with Gasteiger partial charge >= 0.3 is 12.1 Å². The molecule has 144 valence electrons. The number of halogens is 4.